The number of phenols is 1. The van der Waals surface area contributed by atoms with Crippen LogP contribution in [0.5, 0.6) is 23.0 Å². The summed E-state index contributed by atoms with van der Waals surface area (Å²) in [4.78, 5) is 33.4. The number of ether oxygens (including phenoxy) is 4. The average Bonchev–Trinajstić information content (AvgIpc) is 3.61. The van der Waals surface area contributed by atoms with Crippen molar-refractivity contribution in [1.82, 2.24) is 9.97 Å². The van der Waals surface area contributed by atoms with Gasteiger partial charge in [-0.15, -0.1) is 11.6 Å². The quantitative estimate of drug-likeness (QED) is 0.261. The first-order valence-electron chi connectivity index (χ1n) is 11.0. The number of carbonyl (C=O) groups excluding carboxylic acids is 2. The van der Waals surface area contributed by atoms with Gasteiger partial charge in [0.05, 0.1) is 45.2 Å². The van der Waals surface area contributed by atoms with E-state index in [2.05, 4.69) is 9.97 Å². The van der Waals surface area contributed by atoms with E-state index in [1.807, 2.05) is 0 Å². The van der Waals surface area contributed by atoms with Gasteiger partial charge in [-0.3, -0.25) is 4.79 Å². The molecule has 2 aromatic heterocycles. The van der Waals surface area contributed by atoms with E-state index in [0.717, 1.165) is 5.56 Å². The number of esters is 1. The molecule has 36 heavy (non-hydrogen) atoms. The largest absolute Gasteiger partial charge is 0.506 e. The van der Waals surface area contributed by atoms with E-state index in [9.17, 15) is 14.7 Å². The summed E-state index contributed by atoms with van der Waals surface area (Å²) in [5.41, 5.74) is 2.76. The number of halogens is 1. The van der Waals surface area contributed by atoms with Gasteiger partial charge in [-0.2, -0.15) is 0 Å². The fourth-order valence-electron chi connectivity index (χ4n) is 4.89. The van der Waals surface area contributed by atoms with Crippen molar-refractivity contribution in [3.63, 3.8) is 0 Å². The lowest BCUT2D eigenvalue weighted by Crippen LogP contribution is -2.30. The Kier molecular flexibility index (Phi) is 5.83. The summed E-state index contributed by atoms with van der Waals surface area (Å²) >= 11 is 6.30. The number of phenolic OH excluding ortho intramolecular Hbond substituents is 1. The normalized spacial score (nSPS) is 14.8. The summed E-state index contributed by atoms with van der Waals surface area (Å²) in [6.07, 6.45) is 0. The molecule has 0 radical (unpaired) electrons. The molecular weight excluding hydrogens is 490 g/mol. The van der Waals surface area contributed by atoms with Crippen molar-refractivity contribution in [1.29, 1.82) is 0 Å². The van der Waals surface area contributed by atoms with Crippen molar-refractivity contribution in [2.75, 3.05) is 45.8 Å². The molecule has 1 atom stereocenters. The van der Waals surface area contributed by atoms with E-state index < -0.39 is 5.97 Å². The number of aromatic hydroxyl groups is 1. The van der Waals surface area contributed by atoms with Crippen LogP contribution in [0.15, 0.2) is 24.3 Å². The number of nitrogens with zero attached hydrogens (tertiary/aromatic N) is 1. The minimum absolute atomic E-state index is 0.0975. The van der Waals surface area contributed by atoms with Gasteiger partial charge < -0.3 is 38.9 Å². The van der Waals surface area contributed by atoms with Crippen molar-refractivity contribution in [3.8, 4) is 23.0 Å². The van der Waals surface area contributed by atoms with E-state index in [0.29, 0.717) is 57.0 Å². The Morgan fingerprint density at radius 2 is 1.72 bits per heavy atom. The topological polar surface area (TPSA) is 126 Å². The first kappa shape index (κ1) is 23.7. The van der Waals surface area contributed by atoms with Crippen LogP contribution in [0.2, 0.25) is 0 Å². The molecule has 188 valence electrons. The number of rotatable bonds is 6. The van der Waals surface area contributed by atoms with Crippen LogP contribution in [0.25, 0.3) is 21.8 Å². The number of hydrogen-bond donors (Lipinski definition) is 3. The second kappa shape index (κ2) is 8.87. The van der Waals surface area contributed by atoms with Gasteiger partial charge in [0.2, 0.25) is 5.75 Å². The Hall–Kier alpha value is -4.05. The fourth-order valence-corrected chi connectivity index (χ4v) is 5.14. The molecule has 1 aliphatic rings. The number of H-pyrrole nitrogens is 2. The third-order valence-corrected chi connectivity index (χ3v) is 6.88. The molecule has 3 N–H and O–H groups in total. The third kappa shape index (κ3) is 3.40. The van der Waals surface area contributed by atoms with Crippen LogP contribution in [0.3, 0.4) is 0 Å². The lowest BCUT2D eigenvalue weighted by molar-refractivity contribution is 0.0595. The number of methoxy groups -OCH3 is 4. The number of anilines is 1. The van der Waals surface area contributed by atoms with Crippen LogP contribution in [0.4, 0.5) is 5.69 Å². The van der Waals surface area contributed by atoms with Crippen molar-refractivity contribution < 1.29 is 33.6 Å². The van der Waals surface area contributed by atoms with Crippen molar-refractivity contribution in [3.05, 3.63) is 41.2 Å². The SMILES string of the molecule is COC(=O)c1cc2c3c(cc(O)c2[nH]1)N(C(=O)c1cc2cc(OC)c(OC)c(OC)c2[nH]1)CC3CCl. The smallest absolute Gasteiger partial charge is 0.354 e. The highest BCUT2D eigenvalue weighted by atomic mass is 35.5. The van der Waals surface area contributed by atoms with Gasteiger partial charge in [0.25, 0.3) is 5.91 Å². The Balaban J connectivity index is 1.63. The molecule has 1 amide bonds. The molecule has 0 spiro atoms. The number of alkyl halides is 1. The minimum atomic E-state index is -0.564. The highest BCUT2D eigenvalue weighted by Crippen LogP contribution is 2.47. The zero-order valence-corrected chi connectivity index (χ0v) is 20.8. The van der Waals surface area contributed by atoms with Gasteiger partial charge in [0.15, 0.2) is 11.5 Å². The summed E-state index contributed by atoms with van der Waals surface area (Å²) in [6.45, 7) is 0.300. The van der Waals surface area contributed by atoms with Crippen molar-refractivity contribution in [2.24, 2.45) is 0 Å². The first-order valence-corrected chi connectivity index (χ1v) is 11.6. The molecule has 1 aliphatic heterocycles. The lowest BCUT2D eigenvalue weighted by Gasteiger charge is -2.17. The van der Waals surface area contributed by atoms with E-state index in [1.165, 1.54) is 34.5 Å². The molecule has 11 heteroatoms. The number of fused-ring (bicyclic) bond motifs is 4. The predicted molar refractivity (Wildman–Crippen MR) is 134 cm³/mol. The molecule has 0 saturated heterocycles. The van der Waals surface area contributed by atoms with E-state index in [-0.39, 0.29) is 29.1 Å². The van der Waals surface area contributed by atoms with Gasteiger partial charge >= 0.3 is 5.97 Å². The molecule has 0 saturated carbocycles. The number of amides is 1. The molecule has 0 bridgehead atoms. The highest BCUT2D eigenvalue weighted by molar-refractivity contribution is 6.19. The molecule has 5 rings (SSSR count). The summed E-state index contributed by atoms with van der Waals surface area (Å²) < 4.78 is 21.2. The number of benzene rings is 2. The van der Waals surface area contributed by atoms with Gasteiger partial charge in [-0.1, -0.05) is 0 Å². The second-order valence-corrected chi connectivity index (χ2v) is 8.66. The van der Waals surface area contributed by atoms with E-state index in [1.54, 1.807) is 23.1 Å². The molecule has 3 heterocycles. The Morgan fingerprint density at radius 3 is 2.36 bits per heavy atom. The maximum Gasteiger partial charge on any atom is 0.354 e. The summed E-state index contributed by atoms with van der Waals surface area (Å²) in [6, 6.07) is 6.58. The number of nitrogens with one attached hydrogen (secondary N) is 2. The van der Waals surface area contributed by atoms with Crippen molar-refractivity contribution >= 4 is 51.0 Å². The zero-order valence-electron chi connectivity index (χ0n) is 20.0. The first-order chi connectivity index (χ1) is 17.4. The number of aromatic amines is 2. The number of aromatic nitrogens is 2. The Bertz CT molecular complexity index is 1520. The van der Waals surface area contributed by atoms with Crippen LogP contribution < -0.4 is 19.1 Å². The van der Waals surface area contributed by atoms with Crippen LogP contribution >= 0.6 is 11.6 Å². The number of carbonyl (C=O) groups is 2. The van der Waals surface area contributed by atoms with Gasteiger partial charge in [0, 0.05) is 35.2 Å². The molecule has 2 aromatic carbocycles. The summed E-state index contributed by atoms with van der Waals surface area (Å²) in [5.74, 6) is 0.331. The highest BCUT2D eigenvalue weighted by Gasteiger charge is 2.36. The van der Waals surface area contributed by atoms with Crippen LogP contribution in [0.1, 0.15) is 32.5 Å². The molecular formula is C25H24ClN3O7. The monoisotopic (exact) mass is 513 g/mol. The molecule has 0 fully saturated rings. The standard InChI is InChI=1S/C25H24ClN3O7/c1-33-18-6-11-5-14(27-20(11)23(35-3)22(18)34-2)24(31)29-10-12(9-26)19-13-7-15(25(32)36-4)28-21(13)17(30)8-16(19)29/h5-8,12,27-28,30H,9-10H2,1-4H3. The Morgan fingerprint density at radius 1 is 1.00 bits per heavy atom. The van der Waals surface area contributed by atoms with Gasteiger partial charge in [0.1, 0.15) is 17.1 Å². The lowest BCUT2D eigenvalue weighted by atomic mass is 9.98. The molecule has 10 nitrogen and oxygen atoms in total. The Labute approximate surface area is 210 Å². The number of hydrogen-bond acceptors (Lipinski definition) is 7. The predicted octanol–water partition coefficient (Wildman–Crippen LogP) is 4.15. The maximum atomic E-state index is 13.7. The van der Waals surface area contributed by atoms with Crippen LogP contribution in [-0.4, -0.2) is 67.8 Å². The molecule has 4 aromatic rings. The second-order valence-electron chi connectivity index (χ2n) is 8.35. The van der Waals surface area contributed by atoms with Gasteiger partial charge in [-0.25, -0.2) is 4.79 Å². The zero-order chi connectivity index (χ0) is 25.7. The summed E-state index contributed by atoms with van der Waals surface area (Å²) in [5, 5.41) is 12.0. The van der Waals surface area contributed by atoms with Crippen LogP contribution in [0, 0.1) is 0 Å². The maximum absolute atomic E-state index is 13.7. The molecule has 1 unspecified atom stereocenters. The minimum Gasteiger partial charge on any atom is -0.506 e. The third-order valence-electron chi connectivity index (χ3n) is 6.50. The fraction of sp³-hybridized carbons (Fsp3) is 0.280. The molecule has 0 aliphatic carbocycles. The van der Waals surface area contributed by atoms with Crippen LogP contribution in [-0.2, 0) is 4.74 Å². The van der Waals surface area contributed by atoms with Crippen molar-refractivity contribution in [2.45, 2.75) is 5.92 Å². The van der Waals surface area contributed by atoms with E-state index in [4.69, 9.17) is 30.5 Å². The average molecular weight is 514 g/mol. The van der Waals surface area contributed by atoms with Gasteiger partial charge in [-0.05, 0) is 23.8 Å². The van der Waals surface area contributed by atoms with E-state index >= 15 is 0 Å². The summed E-state index contributed by atoms with van der Waals surface area (Å²) in [7, 11) is 5.82.